The maximum absolute atomic E-state index is 5.53. The number of nitrogens with two attached hydrogens (primary N) is 1. The van der Waals surface area contributed by atoms with Crippen LogP contribution in [0.4, 0.5) is 0 Å². The van der Waals surface area contributed by atoms with Crippen molar-refractivity contribution in [2.24, 2.45) is 5.73 Å². The zero-order chi connectivity index (χ0) is 10.3. The Balaban J connectivity index is 3.35. The van der Waals surface area contributed by atoms with Crippen LogP contribution in [-0.2, 0) is 4.43 Å². The summed E-state index contributed by atoms with van der Waals surface area (Å²) in [6.45, 7) is 7.51. The van der Waals surface area contributed by atoms with Gasteiger partial charge < -0.3 is 10.2 Å². The van der Waals surface area contributed by atoms with Crippen molar-refractivity contribution in [1.29, 1.82) is 0 Å². The molecular formula is C9H23NOSSi. The van der Waals surface area contributed by atoms with Gasteiger partial charge in [0.05, 0.1) is 0 Å². The van der Waals surface area contributed by atoms with Crippen molar-refractivity contribution in [3.8, 4) is 0 Å². The molecule has 0 aliphatic carbocycles. The molecule has 0 rings (SSSR count). The first-order chi connectivity index (χ1) is 6.02. The van der Waals surface area contributed by atoms with E-state index in [0.29, 0.717) is 5.25 Å². The molecule has 0 bridgehead atoms. The van der Waals surface area contributed by atoms with Gasteiger partial charge in [0.25, 0.3) is 0 Å². The van der Waals surface area contributed by atoms with E-state index in [-0.39, 0.29) is 0 Å². The molecule has 0 aliphatic rings. The standard InChI is InChI=1S/C9H23NOSSi/c1-9(8-10)12-6-5-7-13(3,4)11-2/h9H,5-8,10H2,1-4H3. The van der Waals surface area contributed by atoms with Crippen molar-refractivity contribution in [3.63, 3.8) is 0 Å². The summed E-state index contributed by atoms with van der Waals surface area (Å²) in [6, 6.07) is 1.26. The van der Waals surface area contributed by atoms with Crippen LogP contribution >= 0.6 is 11.8 Å². The van der Waals surface area contributed by atoms with Crippen LogP contribution in [0.25, 0.3) is 0 Å². The van der Waals surface area contributed by atoms with Gasteiger partial charge in [-0.3, -0.25) is 0 Å². The van der Waals surface area contributed by atoms with E-state index in [1.807, 2.05) is 18.9 Å². The molecule has 0 fully saturated rings. The van der Waals surface area contributed by atoms with Crippen LogP contribution in [-0.4, -0.2) is 33.0 Å². The molecule has 0 aromatic rings. The highest BCUT2D eigenvalue weighted by molar-refractivity contribution is 7.99. The highest BCUT2D eigenvalue weighted by Crippen LogP contribution is 2.17. The van der Waals surface area contributed by atoms with Crippen LogP contribution in [0.2, 0.25) is 19.1 Å². The molecular weight excluding hydrogens is 198 g/mol. The molecule has 2 N–H and O–H groups in total. The molecule has 13 heavy (non-hydrogen) atoms. The van der Waals surface area contributed by atoms with Crippen molar-refractivity contribution in [2.45, 2.75) is 37.7 Å². The van der Waals surface area contributed by atoms with E-state index < -0.39 is 8.32 Å². The zero-order valence-corrected chi connectivity index (χ0v) is 11.1. The molecule has 0 aliphatic heterocycles. The minimum Gasteiger partial charge on any atom is -0.420 e. The van der Waals surface area contributed by atoms with Gasteiger partial charge >= 0.3 is 0 Å². The first-order valence-corrected chi connectivity index (χ1v) is 9.05. The summed E-state index contributed by atoms with van der Waals surface area (Å²) < 4.78 is 5.48. The van der Waals surface area contributed by atoms with Gasteiger partial charge in [-0.2, -0.15) is 11.8 Å². The van der Waals surface area contributed by atoms with E-state index in [2.05, 4.69) is 20.0 Å². The molecule has 0 aromatic carbocycles. The second-order valence-electron chi connectivity index (χ2n) is 3.98. The fourth-order valence-corrected chi connectivity index (χ4v) is 3.29. The average Bonchev–Trinajstić information content (AvgIpc) is 2.12. The summed E-state index contributed by atoms with van der Waals surface area (Å²) in [5.74, 6) is 1.22. The second kappa shape index (κ2) is 6.87. The number of thioether (sulfide) groups is 1. The molecule has 2 nitrogen and oxygen atoms in total. The summed E-state index contributed by atoms with van der Waals surface area (Å²) in [7, 11) is 0.531. The lowest BCUT2D eigenvalue weighted by Gasteiger charge is -2.19. The van der Waals surface area contributed by atoms with Gasteiger partial charge in [0.2, 0.25) is 0 Å². The third-order valence-electron chi connectivity index (χ3n) is 2.21. The summed E-state index contributed by atoms with van der Waals surface area (Å²) in [4.78, 5) is 0. The van der Waals surface area contributed by atoms with E-state index in [0.717, 1.165) is 6.54 Å². The maximum atomic E-state index is 5.53. The normalized spacial score (nSPS) is 14.5. The predicted octanol–water partition coefficient (Wildman–Crippen LogP) is 2.31. The molecule has 0 radical (unpaired) electrons. The smallest absolute Gasteiger partial charge is 0.186 e. The summed E-state index contributed by atoms with van der Waals surface area (Å²) in [6.07, 6.45) is 1.27. The summed E-state index contributed by atoms with van der Waals surface area (Å²) >= 11 is 1.97. The monoisotopic (exact) mass is 221 g/mol. The van der Waals surface area contributed by atoms with Gasteiger partial charge in [-0.25, -0.2) is 0 Å². The minimum atomic E-state index is -1.30. The Bertz CT molecular complexity index is 133. The molecule has 0 saturated carbocycles. The van der Waals surface area contributed by atoms with Crippen molar-refractivity contribution >= 4 is 20.1 Å². The molecule has 1 unspecified atom stereocenters. The van der Waals surface area contributed by atoms with Crippen LogP contribution < -0.4 is 5.73 Å². The van der Waals surface area contributed by atoms with Gasteiger partial charge in [-0.1, -0.05) is 6.92 Å². The van der Waals surface area contributed by atoms with Crippen molar-refractivity contribution in [2.75, 3.05) is 19.4 Å². The Labute approximate surface area is 87.7 Å². The summed E-state index contributed by atoms with van der Waals surface area (Å²) in [5, 5.41) is 0.604. The van der Waals surface area contributed by atoms with E-state index in [9.17, 15) is 0 Å². The molecule has 80 valence electrons. The Hall–Kier alpha value is 0.487. The third kappa shape index (κ3) is 7.55. The van der Waals surface area contributed by atoms with E-state index in [1.54, 1.807) is 0 Å². The van der Waals surface area contributed by atoms with Crippen molar-refractivity contribution in [1.82, 2.24) is 0 Å². The first-order valence-electron chi connectivity index (χ1n) is 4.88. The molecule has 4 heteroatoms. The minimum absolute atomic E-state index is 0.604. The van der Waals surface area contributed by atoms with Crippen LogP contribution in [0.5, 0.6) is 0 Å². The molecule has 0 aromatic heterocycles. The van der Waals surface area contributed by atoms with Gasteiger partial charge in [-0.15, -0.1) is 0 Å². The molecule has 0 saturated heterocycles. The van der Waals surface area contributed by atoms with Crippen LogP contribution in [0.1, 0.15) is 13.3 Å². The highest BCUT2D eigenvalue weighted by atomic mass is 32.2. The molecule has 0 amide bonds. The maximum Gasteiger partial charge on any atom is 0.186 e. The molecule has 0 spiro atoms. The topological polar surface area (TPSA) is 35.2 Å². The highest BCUT2D eigenvalue weighted by Gasteiger charge is 2.19. The van der Waals surface area contributed by atoms with Gasteiger partial charge in [0.1, 0.15) is 0 Å². The fourth-order valence-electron chi connectivity index (χ4n) is 0.953. The number of rotatable bonds is 7. The number of hydrogen-bond acceptors (Lipinski definition) is 3. The number of hydrogen-bond donors (Lipinski definition) is 1. The SMILES string of the molecule is CO[Si](C)(C)CCCSC(C)CN. The second-order valence-corrected chi connectivity index (χ2v) is 9.96. The van der Waals surface area contributed by atoms with E-state index >= 15 is 0 Å². The van der Waals surface area contributed by atoms with Gasteiger partial charge in [0, 0.05) is 18.9 Å². The molecule has 0 heterocycles. The Kier molecular flexibility index (Phi) is 7.13. The van der Waals surface area contributed by atoms with Crippen molar-refractivity contribution < 1.29 is 4.43 Å². The first kappa shape index (κ1) is 13.5. The Morgan fingerprint density at radius 2 is 2.08 bits per heavy atom. The van der Waals surface area contributed by atoms with Crippen LogP contribution in [0.3, 0.4) is 0 Å². The lowest BCUT2D eigenvalue weighted by Crippen LogP contribution is -2.28. The Morgan fingerprint density at radius 3 is 2.54 bits per heavy atom. The third-order valence-corrected chi connectivity index (χ3v) is 6.16. The lowest BCUT2D eigenvalue weighted by molar-refractivity contribution is 0.403. The average molecular weight is 221 g/mol. The molecule has 1 atom stereocenters. The Morgan fingerprint density at radius 1 is 1.46 bits per heavy atom. The van der Waals surface area contributed by atoms with Crippen LogP contribution in [0.15, 0.2) is 0 Å². The summed E-state index contributed by atoms with van der Waals surface area (Å²) in [5.41, 5.74) is 5.53. The largest absolute Gasteiger partial charge is 0.420 e. The predicted molar refractivity (Wildman–Crippen MR) is 64.9 cm³/mol. The van der Waals surface area contributed by atoms with Gasteiger partial charge in [0.15, 0.2) is 8.32 Å². The van der Waals surface area contributed by atoms with E-state index in [4.69, 9.17) is 10.2 Å². The van der Waals surface area contributed by atoms with Gasteiger partial charge in [-0.05, 0) is 31.3 Å². The zero-order valence-electron chi connectivity index (χ0n) is 9.30. The van der Waals surface area contributed by atoms with E-state index in [1.165, 1.54) is 18.2 Å². The van der Waals surface area contributed by atoms with Crippen LogP contribution in [0, 0.1) is 0 Å². The van der Waals surface area contributed by atoms with Crippen molar-refractivity contribution in [3.05, 3.63) is 0 Å². The quantitative estimate of drug-likeness (QED) is 0.529. The fraction of sp³-hybridized carbons (Fsp3) is 1.00. The lowest BCUT2D eigenvalue weighted by atomic mass is 10.5.